The molecule has 4 fully saturated rings. The summed E-state index contributed by atoms with van der Waals surface area (Å²) >= 11 is 3.28. The minimum Gasteiger partial charge on any atom is -0.446 e. The molecule has 264 valence electrons. The summed E-state index contributed by atoms with van der Waals surface area (Å²) < 4.78 is 61.9. The summed E-state index contributed by atoms with van der Waals surface area (Å²) in [7, 11) is -8.18. The normalized spacial score (nSPS) is 25.6. The van der Waals surface area contributed by atoms with Gasteiger partial charge in [0.15, 0.2) is 0 Å². The predicted octanol–water partition coefficient (Wildman–Crippen LogP) is 2.36. The van der Waals surface area contributed by atoms with Gasteiger partial charge < -0.3 is 20.3 Å². The van der Waals surface area contributed by atoms with Crippen LogP contribution in [0.5, 0.6) is 0 Å². The fourth-order valence-corrected chi connectivity index (χ4v) is 9.51. The van der Waals surface area contributed by atoms with Crippen LogP contribution in [0.15, 0.2) is 46.3 Å². The number of sulfonamides is 2. The minimum atomic E-state index is -4.24. The van der Waals surface area contributed by atoms with E-state index in [1.54, 1.807) is 26.8 Å². The van der Waals surface area contributed by atoms with Crippen molar-refractivity contribution in [2.24, 2.45) is 11.3 Å². The molecule has 3 saturated carbocycles. The molecule has 1 saturated heterocycles. The summed E-state index contributed by atoms with van der Waals surface area (Å²) in [6, 6.07) is 3.31. The van der Waals surface area contributed by atoms with Crippen molar-refractivity contribution in [1.82, 2.24) is 24.6 Å². The molecule has 5 rings (SSSR count). The molecule has 1 aromatic rings. The SMILES string of the molecule is C=C[C@@H]1C[C@]1(NC(=O)[C@@H]1CN(S(=O)(=O)c2cccc(Br)c2)CN1C(=O)[C@@H](NC(=O)OC1CCCC1)C(C)(C)C)C(=O)NS(=O)(=O)C1CC1. The highest BCUT2D eigenvalue weighted by Gasteiger charge is 2.62. The Hall–Kier alpha value is -3.02. The van der Waals surface area contributed by atoms with E-state index in [0.717, 1.165) is 22.0 Å². The average molecular weight is 773 g/mol. The Balaban J connectivity index is 1.44. The van der Waals surface area contributed by atoms with Crippen molar-refractivity contribution < 1.29 is 40.8 Å². The van der Waals surface area contributed by atoms with Crippen LogP contribution in [-0.4, -0.2) is 92.0 Å². The zero-order valence-corrected chi connectivity index (χ0v) is 30.3. The van der Waals surface area contributed by atoms with E-state index in [2.05, 4.69) is 37.9 Å². The van der Waals surface area contributed by atoms with Gasteiger partial charge >= 0.3 is 6.09 Å². The first-order valence-corrected chi connectivity index (χ1v) is 19.7. The van der Waals surface area contributed by atoms with E-state index in [-0.39, 0.29) is 17.4 Å². The number of amides is 4. The van der Waals surface area contributed by atoms with E-state index in [0.29, 0.717) is 30.2 Å². The summed E-state index contributed by atoms with van der Waals surface area (Å²) in [6.07, 6.45) is 4.53. The van der Waals surface area contributed by atoms with Gasteiger partial charge in [-0.15, -0.1) is 6.58 Å². The molecular formula is C31H42BrN5O9S2. The van der Waals surface area contributed by atoms with E-state index in [4.69, 9.17) is 4.74 Å². The highest BCUT2D eigenvalue weighted by Crippen LogP contribution is 2.45. The van der Waals surface area contributed by atoms with Crippen molar-refractivity contribution >= 4 is 59.8 Å². The molecule has 0 aromatic heterocycles. The van der Waals surface area contributed by atoms with Crippen LogP contribution in [0, 0.1) is 11.3 Å². The van der Waals surface area contributed by atoms with E-state index in [1.165, 1.54) is 24.3 Å². The first-order valence-electron chi connectivity index (χ1n) is 15.9. The highest BCUT2D eigenvalue weighted by atomic mass is 79.9. The summed E-state index contributed by atoms with van der Waals surface area (Å²) in [5.74, 6) is -3.12. The fourth-order valence-electron chi connectivity index (χ4n) is 6.16. The molecule has 4 aliphatic rings. The molecule has 17 heteroatoms. The maximum absolute atomic E-state index is 14.3. The van der Waals surface area contributed by atoms with Gasteiger partial charge in [-0.1, -0.05) is 48.8 Å². The Morgan fingerprint density at radius 3 is 2.31 bits per heavy atom. The van der Waals surface area contributed by atoms with Gasteiger partial charge in [0.05, 0.1) is 16.8 Å². The van der Waals surface area contributed by atoms with Gasteiger partial charge in [-0.3, -0.25) is 19.1 Å². The van der Waals surface area contributed by atoms with Crippen LogP contribution >= 0.6 is 15.9 Å². The molecule has 1 aromatic carbocycles. The van der Waals surface area contributed by atoms with Crippen LogP contribution in [0.2, 0.25) is 0 Å². The van der Waals surface area contributed by atoms with E-state index in [9.17, 15) is 36.0 Å². The van der Waals surface area contributed by atoms with Crippen LogP contribution in [0.1, 0.15) is 65.7 Å². The molecule has 14 nitrogen and oxygen atoms in total. The van der Waals surface area contributed by atoms with E-state index < -0.39 is 91.3 Å². The molecule has 0 bridgehead atoms. The lowest BCUT2D eigenvalue weighted by Crippen LogP contribution is -2.60. The van der Waals surface area contributed by atoms with Crippen molar-refractivity contribution in [2.45, 2.75) is 99.6 Å². The first-order chi connectivity index (χ1) is 22.4. The summed E-state index contributed by atoms with van der Waals surface area (Å²) in [4.78, 5) is 55.7. The van der Waals surface area contributed by atoms with Gasteiger partial charge in [0.1, 0.15) is 23.7 Å². The number of carbonyl (C=O) groups excluding carboxylic acids is 4. The number of ether oxygens (including phenoxy) is 1. The van der Waals surface area contributed by atoms with Crippen LogP contribution < -0.4 is 15.4 Å². The lowest BCUT2D eigenvalue weighted by atomic mass is 9.85. The van der Waals surface area contributed by atoms with E-state index >= 15 is 0 Å². The van der Waals surface area contributed by atoms with Crippen molar-refractivity contribution in [3.8, 4) is 0 Å². The average Bonchev–Trinajstić information content (AvgIpc) is 3.88. The number of alkyl carbamates (subject to hydrolysis) is 1. The molecule has 0 radical (unpaired) electrons. The maximum atomic E-state index is 14.3. The van der Waals surface area contributed by atoms with Gasteiger partial charge in [0.2, 0.25) is 31.9 Å². The van der Waals surface area contributed by atoms with Gasteiger partial charge in [-0.25, -0.2) is 21.6 Å². The maximum Gasteiger partial charge on any atom is 0.408 e. The van der Waals surface area contributed by atoms with Crippen molar-refractivity contribution in [3.05, 3.63) is 41.4 Å². The van der Waals surface area contributed by atoms with Crippen LogP contribution in [0.4, 0.5) is 4.79 Å². The third kappa shape index (κ3) is 7.58. The van der Waals surface area contributed by atoms with Crippen LogP contribution in [0.25, 0.3) is 0 Å². The monoisotopic (exact) mass is 771 g/mol. The minimum absolute atomic E-state index is 0.0637. The number of hydrogen-bond donors (Lipinski definition) is 3. The number of carbonyl (C=O) groups is 4. The standard InChI is InChI=1S/C31H42BrN5O9S2/c1-5-19-16-31(19,28(40)35-47(42,43)22-13-14-22)34-26(38)24-17-36(48(44,45)23-12-8-9-20(32)15-23)18-37(24)27(39)25(30(2,3)4)33-29(41)46-21-10-6-7-11-21/h5,8-9,12,15,19,21-22,24-25H,1,6-7,10-11,13-14,16-18H2,2-4H3,(H,33,41)(H,34,38)(H,35,40)/t19-,24+,25-,31-/m1/s1. The van der Waals surface area contributed by atoms with Gasteiger partial charge in [0.25, 0.3) is 5.91 Å². The third-order valence-electron chi connectivity index (χ3n) is 9.28. The van der Waals surface area contributed by atoms with E-state index in [1.807, 2.05) is 0 Å². The number of nitrogens with one attached hydrogen (secondary N) is 3. The predicted molar refractivity (Wildman–Crippen MR) is 178 cm³/mol. The molecule has 1 heterocycles. The second-order valence-electron chi connectivity index (χ2n) is 14.0. The topological polar surface area (TPSA) is 188 Å². The Bertz CT molecular complexity index is 1700. The molecule has 0 spiro atoms. The van der Waals surface area contributed by atoms with Crippen molar-refractivity contribution in [2.75, 3.05) is 13.2 Å². The summed E-state index contributed by atoms with van der Waals surface area (Å²) in [5.41, 5.74) is -2.55. The summed E-state index contributed by atoms with van der Waals surface area (Å²) in [6.45, 7) is 7.85. The molecule has 4 atom stereocenters. The largest absolute Gasteiger partial charge is 0.446 e. The second-order valence-corrected chi connectivity index (χ2v) is 18.8. The molecule has 1 aliphatic heterocycles. The quantitative estimate of drug-likeness (QED) is 0.284. The van der Waals surface area contributed by atoms with Crippen molar-refractivity contribution in [1.29, 1.82) is 0 Å². The highest BCUT2D eigenvalue weighted by molar-refractivity contribution is 9.10. The van der Waals surface area contributed by atoms with Gasteiger partial charge in [-0.05, 0) is 68.6 Å². The fraction of sp³-hybridized carbons (Fsp3) is 0.613. The first kappa shape index (κ1) is 36.3. The number of hydrogen-bond acceptors (Lipinski definition) is 9. The molecule has 3 aliphatic carbocycles. The molecule has 0 unspecified atom stereocenters. The summed E-state index contributed by atoms with van der Waals surface area (Å²) in [5, 5.41) is 4.61. The Kier molecular flexibility index (Phi) is 10.1. The lowest BCUT2D eigenvalue weighted by molar-refractivity contribution is -0.142. The zero-order valence-electron chi connectivity index (χ0n) is 27.1. The lowest BCUT2D eigenvalue weighted by Gasteiger charge is -2.35. The molecule has 4 amide bonds. The third-order valence-corrected chi connectivity index (χ3v) is 13.4. The molecular weight excluding hydrogens is 730 g/mol. The van der Waals surface area contributed by atoms with Gasteiger partial charge in [0, 0.05) is 16.9 Å². The van der Waals surface area contributed by atoms with Crippen molar-refractivity contribution in [3.63, 3.8) is 0 Å². The smallest absolute Gasteiger partial charge is 0.408 e. The Morgan fingerprint density at radius 2 is 1.75 bits per heavy atom. The van der Waals surface area contributed by atoms with Crippen LogP contribution in [-0.2, 0) is 39.2 Å². The number of rotatable bonds is 11. The second kappa shape index (κ2) is 13.4. The number of benzene rings is 1. The zero-order chi connectivity index (χ0) is 35.2. The Labute approximate surface area is 289 Å². The number of halogens is 1. The molecule has 48 heavy (non-hydrogen) atoms. The number of nitrogens with zero attached hydrogens (tertiary/aromatic N) is 2. The molecule has 3 N–H and O–H groups in total. The Morgan fingerprint density at radius 1 is 1.08 bits per heavy atom. The van der Waals surface area contributed by atoms with Crippen LogP contribution in [0.3, 0.4) is 0 Å². The van der Waals surface area contributed by atoms with Gasteiger partial charge in [-0.2, -0.15) is 4.31 Å².